The van der Waals surface area contributed by atoms with Crippen LogP contribution in [-0.2, 0) is 4.74 Å². The highest BCUT2D eigenvalue weighted by atomic mass is 19.3. The van der Waals surface area contributed by atoms with Crippen LogP contribution < -0.4 is 0 Å². The minimum atomic E-state index is -2.80. The van der Waals surface area contributed by atoms with E-state index in [4.69, 9.17) is 9.15 Å². The molecule has 0 aliphatic carbocycles. The molecule has 0 spiro atoms. The molecule has 2 heterocycles. The van der Waals surface area contributed by atoms with Gasteiger partial charge in [-0.15, -0.1) is 0 Å². The van der Waals surface area contributed by atoms with E-state index in [0.29, 0.717) is 11.1 Å². The molecule has 26 heavy (non-hydrogen) atoms. The van der Waals surface area contributed by atoms with Gasteiger partial charge in [0.25, 0.3) is 0 Å². The van der Waals surface area contributed by atoms with Crippen molar-refractivity contribution in [2.24, 2.45) is 0 Å². The molecular formula is C19H14F2N2O3. The first-order valence-electron chi connectivity index (χ1n) is 7.99. The third-order valence-electron chi connectivity index (χ3n) is 4.09. The lowest BCUT2D eigenvalue weighted by Crippen LogP contribution is -2.14. The van der Waals surface area contributed by atoms with E-state index in [1.165, 1.54) is 6.92 Å². The van der Waals surface area contributed by atoms with E-state index in [9.17, 15) is 13.6 Å². The van der Waals surface area contributed by atoms with Crippen LogP contribution in [-0.4, -0.2) is 15.5 Å². The van der Waals surface area contributed by atoms with E-state index in [1.807, 2.05) is 6.07 Å². The van der Waals surface area contributed by atoms with Crippen LogP contribution in [0.5, 0.6) is 0 Å². The molecule has 2 aromatic carbocycles. The molecule has 0 fully saturated rings. The van der Waals surface area contributed by atoms with Crippen molar-refractivity contribution in [2.75, 3.05) is 0 Å². The number of ether oxygens (including phenoxy) is 1. The molecule has 1 unspecified atom stereocenters. The van der Waals surface area contributed by atoms with Crippen molar-refractivity contribution >= 4 is 28.0 Å². The Bertz CT molecular complexity index is 1070. The maximum Gasteiger partial charge on any atom is 0.374 e. The second-order valence-electron chi connectivity index (χ2n) is 5.80. The normalized spacial score (nSPS) is 12.8. The fourth-order valence-corrected chi connectivity index (χ4v) is 2.91. The predicted octanol–water partition coefficient (Wildman–Crippen LogP) is 5.10. The summed E-state index contributed by atoms with van der Waals surface area (Å²) in [5.41, 5.74) is 1.24. The highest BCUT2D eigenvalue weighted by Crippen LogP contribution is 2.29. The summed E-state index contributed by atoms with van der Waals surface area (Å²) in [6, 6.07) is 15.2. The summed E-state index contributed by atoms with van der Waals surface area (Å²) in [5.74, 6) is -0.745. The number of imidazole rings is 1. The van der Waals surface area contributed by atoms with Crippen LogP contribution >= 0.6 is 0 Å². The van der Waals surface area contributed by atoms with Gasteiger partial charge in [-0.1, -0.05) is 30.3 Å². The zero-order valence-electron chi connectivity index (χ0n) is 13.7. The molecule has 0 bridgehead atoms. The molecule has 4 rings (SSSR count). The molecule has 4 aromatic rings. The number of benzene rings is 2. The van der Waals surface area contributed by atoms with Crippen LogP contribution in [0.4, 0.5) is 8.78 Å². The molecule has 0 saturated carbocycles. The Balaban J connectivity index is 1.65. The SMILES string of the molecule is CC(OC(=O)c1cc2ccccc2o1)c1nc2ccccc2n1C(F)F. The topological polar surface area (TPSA) is 57.3 Å². The molecule has 132 valence electrons. The number of hydrogen-bond acceptors (Lipinski definition) is 4. The van der Waals surface area contributed by atoms with E-state index < -0.39 is 18.6 Å². The van der Waals surface area contributed by atoms with Crippen LogP contribution in [0, 0.1) is 0 Å². The number of esters is 1. The molecule has 0 amide bonds. The number of fused-ring (bicyclic) bond motifs is 2. The largest absolute Gasteiger partial charge is 0.449 e. The molecule has 0 aliphatic rings. The van der Waals surface area contributed by atoms with Crippen LogP contribution in [0.2, 0.25) is 0 Å². The first-order valence-corrected chi connectivity index (χ1v) is 7.99. The molecular weight excluding hydrogens is 342 g/mol. The van der Waals surface area contributed by atoms with Gasteiger partial charge in [0.1, 0.15) is 5.58 Å². The number of aromatic nitrogens is 2. The zero-order chi connectivity index (χ0) is 18.3. The number of alkyl halides is 2. The van der Waals surface area contributed by atoms with E-state index in [1.54, 1.807) is 48.5 Å². The Morgan fingerprint density at radius 2 is 1.88 bits per heavy atom. The van der Waals surface area contributed by atoms with Gasteiger partial charge in [0.15, 0.2) is 11.9 Å². The van der Waals surface area contributed by atoms with Crippen molar-refractivity contribution < 1.29 is 22.7 Å². The van der Waals surface area contributed by atoms with Gasteiger partial charge in [0, 0.05) is 5.39 Å². The average molecular weight is 356 g/mol. The first kappa shape index (κ1) is 16.3. The van der Waals surface area contributed by atoms with Crippen LogP contribution in [0.25, 0.3) is 22.0 Å². The minimum absolute atomic E-state index is 0.0118. The smallest absolute Gasteiger partial charge is 0.374 e. The summed E-state index contributed by atoms with van der Waals surface area (Å²) in [5, 5.41) is 0.756. The molecule has 0 saturated heterocycles. The number of rotatable bonds is 4. The summed E-state index contributed by atoms with van der Waals surface area (Å²) in [4.78, 5) is 16.6. The van der Waals surface area contributed by atoms with Crippen molar-refractivity contribution in [3.63, 3.8) is 0 Å². The summed E-state index contributed by atoms with van der Waals surface area (Å²) in [6.07, 6.45) is -0.975. The number of carbonyl (C=O) groups excluding carboxylic acids is 1. The van der Waals surface area contributed by atoms with Crippen molar-refractivity contribution in [3.8, 4) is 0 Å². The lowest BCUT2D eigenvalue weighted by molar-refractivity contribution is 0.0205. The molecule has 2 aromatic heterocycles. The first-order chi connectivity index (χ1) is 12.5. The van der Waals surface area contributed by atoms with Crippen molar-refractivity contribution in [2.45, 2.75) is 19.6 Å². The highest BCUT2D eigenvalue weighted by molar-refractivity contribution is 5.92. The third kappa shape index (κ3) is 2.71. The summed E-state index contributed by atoms with van der Waals surface area (Å²) >= 11 is 0. The molecule has 0 aliphatic heterocycles. The fraction of sp³-hybridized carbons (Fsp3) is 0.158. The number of carbonyl (C=O) groups is 1. The third-order valence-corrected chi connectivity index (χ3v) is 4.09. The number of hydrogen-bond donors (Lipinski definition) is 0. The second kappa shape index (κ2) is 6.25. The highest BCUT2D eigenvalue weighted by Gasteiger charge is 2.25. The Hall–Kier alpha value is -3.22. The zero-order valence-corrected chi connectivity index (χ0v) is 13.7. The predicted molar refractivity (Wildman–Crippen MR) is 91.0 cm³/mol. The van der Waals surface area contributed by atoms with Gasteiger partial charge < -0.3 is 9.15 Å². The van der Waals surface area contributed by atoms with Gasteiger partial charge in [-0.25, -0.2) is 9.78 Å². The number of nitrogens with zero attached hydrogens (tertiary/aromatic N) is 2. The maximum absolute atomic E-state index is 13.5. The Morgan fingerprint density at radius 1 is 1.15 bits per heavy atom. The Morgan fingerprint density at radius 3 is 2.65 bits per heavy atom. The maximum atomic E-state index is 13.5. The molecule has 1 atom stereocenters. The standard InChI is InChI=1S/C19H14F2N2O3/c1-11(17-22-13-7-3-4-8-14(13)23(17)19(20)21)25-18(24)16-10-12-6-2-5-9-15(12)26-16/h2-11,19H,1H3. The van der Waals surface area contributed by atoms with Crippen LogP contribution in [0.1, 0.15) is 36.0 Å². The number of furan rings is 1. The van der Waals surface area contributed by atoms with Crippen molar-refractivity contribution in [1.29, 1.82) is 0 Å². The van der Waals surface area contributed by atoms with Crippen LogP contribution in [0.3, 0.4) is 0 Å². The minimum Gasteiger partial charge on any atom is -0.449 e. The summed E-state index contributed by atoms with van der Waals surface area (Å²) in [7, 11) is 0. The van der Waals surface area contributed by atoms with Crippen molar-refractivity contribution in [3.05, 3.63) is 66.2 Å². The Kier molecular flexibility index (Phi) is 3.91. The van der Waals surface area contributed by atoms with E-state index >= 15 is 0 Å². The van der Waals surface area contributed by atoms with E-state index in [-0.39, 0.29) is 17.1 Å². The van der Waals surface area contributed by atoms with Crippen LogP contribution in [0.15, 0.2) is 59.0 Å². The van der Waals surface area contributed by atoms with E-state index in [2.05, 4.69) is 4.98 Å². The molecule has 5 nitrogen and oxygen atoms in total. The molecule has 7 heteroatoms. The molecule has 0 radical (unpaired) electrons. The molecule has 0 N–H and O–H groups in total. The van der Waals surface area contributed by atoms with E-state index in [0.717, 1.165) is 9.95 Å². The van der Waals surface area contributed by atoms with Gasteiger partial charge in [0.05, 0.1) is 11.0 Å². The monoisotopic (exact) mass is 356 g/mol. The van der Waals surface area contributed by atoms with Gasteiger partial charge in [-0.3, -0.25) is 4.57 Å². The lowest BCUT2D eigenvalue weighted by atomic mass is 10.2. The lowest BCUT2D eigenvalue weighted by Gasteiger charge is -2.14. The number of halogens is 2. The summed E-state index contributed by atoms with van der Waals surface area (Å²) < 4.78 is 38.6. The van der Waals surface area contributed by atoms with Gasteiger partial charge in [-0.2, -0.15) is 8.78 Å². The van der Waals surface area contributed by atoms with Gasteiger partial charge in [-0.05, 0) is 31.2 Å². The average Bonchev–Trinajstić information content (AvgIpc) is 3.23. The summed E-state index contributed by atoms with van der Waals surface area (Å²) in [6.45, 7) is -1.30. The quantitative estimate of drug-likeness (QED) is 0.478. The fourth-order valence-electron chi connectivity index (χ4n) is 2.91. The Labute approximate surface area is 146 Å². The van der Waals surface area contributed by atoms with Crippen molar-refractivity contribution in [1.82, 2.24) is 9.55 Å². The number of para-hydroxylation sites is 3. The van der Waals surface area contributed by atoms with Gasteiger partial charge >= 0.3 is 12.5 Å². The second-order valence-corrected chi connectivity index (χ2v) is 5.80. The van der Waals surface area contributed by atoms with Gasteiger partial charge in [0.2, 0.25) is 5.76 Å².